The number of ether oxygens (including phenoxy) is 2. The van der Waals surface area contributed by atoms with Crippen molar-refractivity contribution in [1.29, 1.82) is 0 Å². The van der Waals surface area contributed by atoms with Gasteiger partial charge in [0.05, 0.1) is 42.6 Å². The third-order valence-electron chi connectivity index (χ3n) is 6.82. The van der Waals surface area contributed by atoms with E-state index in [4.69, 9.17) is 14.2 Å². The Hall–Kier alpha value is -5.46. The molecule has 2 N–H and O–H groups in total. The molecular formula is C30H31N7O6. The van der Waals surface area contributed by atoms with Crippen LogP contribution < -0.4 is 15.5 Å². The highest BCUT2D eigenvalue weighted by Crippen LogP contribution is 2.29. The van der Waals surface area contributed by atoms with E-state index in [9.17, 15) is 14.4 Å². The second kappa shape index (κ2) is 12.6. The second-order valence-corrected chi connectivity index (χ2v) is 9.66. The Labute approximate surface area is 246 Å². The Morgan fingerprint density at radius 2 is 1.95 bits per heavy atom. The average Bonchev–Trinajstić information content (AvgIpc) is 3.57. The van der Waals surface area contributed by atoms with Crippen LogP contribution >= 0.6 is 0 Å². The van der Waals surface area contributed by atoms with Gasteiger partial charge in [0, 0.05) is 31.0 Å². The van der Waals surface area contributed by atoms with Crippen molar-refractivity contribution in [1.82, 2.24) is 19.7 Å². The van der Waals surface area contributed by atoms with Crippen LogP contribution in [0.25, 0.3) is 22.0 Å². The minimum absolute atomic E-state index is 0.0379. The number of aryl methyl sites for hydroxylation is 1. The zero-order valence-electron chi connectivity index (χ0n) is 24.2. The summed E-state index contributed by atoms with van der Waals surface area (Å²) in [5, 5.41) is 10.5. The number of anilines is 3. The molecule has 0 fully saturated rings. The fourth-order valence-corrected chi connectivity index (χ4v) is 4.75. The molecule has 0 spiro atoms. The number of benzene rings is 2. The van der Waals surface area contributed by atoms with E-state index in [0.717, 1.165) is 17.0 Å². The van der Waals surface area contributed by atoms with E-state index in [1.165, 1.54) is 12.0 Å². The highest BCUT2D eigenvalue weighted by molar-refractivity contribution is 6.07. The van der Waals surface area contributed by atoms with Crippen LogP contribution in [-0.2, 0) is 21.3 Å². The van der Waals surface area contributed by atoms with Gasteiger partial charge in [-0.1, -0.05) is 11.2 Å². The Morgan fingerprint density at radius 3 is 2.70 bits per heavy atom. The van der Waals surface area contributed by atoms with E-state index >= 15 is 0 Å². The van der Waals surface area contributed by atoms with Crippen molar-refractivity contribution in [3.63, 3.8) is 0 Å². The number of fused-ring (bicyclic) bond motifs is 2. The van der Waals surface area contributed by atoms with Gasteiger partial charge < -0.3 is 23.9 Å². The van der Waals surface area contributed by atoms with Gasteiger partial charge in [-0.25, -0.2) is 14.8 Å². The molecule has 0 saturated carbocycles. The predicted octanol–water partition coefficient (Wildman–Crippen LogP) is 5.06. The largest absolute Gasteiger partial charge is 0.466 e. The molecule has 5 rings (SSSR count). The fraction of sp³-hybridized carbons (Fsp3) is 0.267. The number of nitrogens with one attached hydrogen (secondary N) is 2. The van der Waals surface area contributed by atoms with Gasteiger partial charge in [-0.05, 0) is 62.4 Å². The number of nitrogens with zero attached hydrogens (tertiary/aromatic N) is 5. The van der Waals surface area contributed by atoms with E-state index in [0.29, 0.717) is 27.9 Å². The van der Waals surface area contributed by atoms with Gasteiger partial charge >= 0.3 is 12.1 Å². The van der Waals surface area contributed by atoms with Crippen LogP contribution in [0.1, 0.15) is 42.5 Å². The lowest BCUT2D eigenvalue weighted by molar-refractivity contribution is -0.142. The van der Waals surface area contributed by atoms with Crippen LogP contribution in [0, 0.1) is 0 Å². The van der Waals surface area contributed by atoms with Crippen molar-refractivity contribution in [3.05, 3.63) is 72.2 Å². The highest BCUT2D eigenvalue weighted by atomic mass is 16.5. The number of rotatable bonds is 10. The van der Waals surface area contributed by atoms with Gasteiger partial charge in [0.25, 0.3) is 5.91 Å². The summed E-state index contributed by atoms with van der Waals surface area (Å²) in [4.78, 5) is 48.0. The number of amides is 2. The molecule has 222 valence electrons. The first-order valence-corrected chi connectivity index (χ1v) is 13.6. The number of pyridine rings is 1. The number of carbonyl (C=O) groups is 3. The van der Waals surface area contributed by atoms with Gasteiger partial charge in [0.2, 0.25) is 0 Å². The average molecular weight is 586 g/mol. The molecule has 43 heavy (non-hydrogen) atoms. The van der Waals surface area contributed by atoms with Gasteiger partial charge in [-0.3, -0.25) is 19.8 Å². The first-order chi connectivity index (χ1) is 20.8. The summed E-state index contributed by atoms with van der Waals surface area (Å²) in [7, 11) is 3.18. The maximum atomic E-state index is 13.7. The lowest BCUT2D eigenvalue weighted by atomic mass is 10.1. The Morgan fingerprint density at radius 1 is 1.12 bits per heavy atom. The van der Waals surface area contributed by atoms with Crippen molar-refractivity contribution < 1.29 is 28.4 Å². The van der Waals surface area contributed by atoms with Crippen LogP contribution in [0.5, 0.6) is 0 Å². The SMILES string of the molecule is CCOC(=O)CCN(C(=O)c1ccc2c(c1)nc(C(C)Nc1ccc3onc(NC(=O)OC)c3c1)n2C)c1ccccn1. The zero-order chi connectivity index (χ0) is 30.5. The van der Waals surface area contributed by atoms with Gasteiger partial charge in [0.15, 0.2) is 11.4 Å². The predicted molar refractivity (Wildman–Crippen MR) is 160 cm³/mol. The number of hydrogen-bond acceptors (Lipinski definition) is 10. The van der Waals surface area contributed by atoms with Crippen LogP contribution in [0.2, 0.25) is 0 Å². The molecular weight excluding hydrogens is 554 g/mol. The summed E-state index contributed by atoms with van der Waals surface area (Å²) < 4.78 is 16.9. The van der Waals surface area contributed by atoms with Crippen molar-refractivity contribution in [2.75, 3.05) is 35.8 Å². The third-order valence-corrected chi connectivity index (χ3v) is 6.82. The monoisotopic (exact) mass is 585 g/mol. The van der Waals surface area contributed by atoms with E-state index < -0.39 is 6.09 Å². The lowest BCUT2D eigenvalue weighted by Gasteiger charge is -2.21. The van der Waals surface area contributed by atoms with Crippen LogP contribution in [-0.4, -0.2) is 57.9 Å². The minimum Gasteiger partial charge on any atom is -0.466 e. The van der Waals surface area contributed by atoms with E-state index in [1.807, 2.05) is 36.7 Å². The molecule has 2 amide bonds. The van der Waals surface area contributed by atoms with E-state index in [-0.39, 0.29) is 43.3 Å². The van der Waals surface area contributed by atoms with E-state index in [1.54, 1.807) is 49.5 Å². The molecule has 0 aliphatic rings. The topological polar surface area (TPSA) is 154 Å². The van der Waals surface area contributed by atoms with Crippen molar-refractivity contribution in [2.45, 2.75) is 26.3 Å². The summed E-state index contributed by atoms with van der Waals surface area (Å²) in [6.07, 6.45) is 0.984. The Balaban J connectivity index is 1.38. The van der Waals surface area contributed by atoms with Crippen molar-refractivity contribution in [2.24, 2.45) is 7.05 Å². The molecule has 0 aliphatic heterocycles. The second-order valence-electron chi connectivity index (χ2n) is 9.66. The highest BCUT2D eigenvalue weighted by Gasteiger charge is 2.22. The third kappa shape index (κ3) is 6.25. The zero-order valence-corrected chi connectivity index (χ0v) is 24.2. The summed E-state index contributed by atoms with van der Waals surface area (Å²) in [6.45, 7) is 4.10. The standard InChI is InChI=1S/C30H31N7O6/c1-5-42-26(38)13-15-37(25-8-6-7-14-31-25)29(39)19-9-11-23-22(16-19)33-28(36(23)3)18(2)32-20-10-12-24-21(17-20)27(35-43-24)34-30(40)41-4/h6-12,14,16-18,32H,5,13,15H2,1-4H3,(H,34,35,40). The van der Waals surface area contributed by atoms with Crippen molar-refractivity contribution >= 4 is 57.3 Å². The molecule has 3 aromatic heterocycles. The molecule has 0 saturated heterocycles. The summed E-state index contributed by atoms with van der Waals surface area (Å²) >= 11 is 0. The molecule has 0 radical (unpaired) electrons. The lowest BCUT2D eigenvalue weighted by Crippen LogP contribution is -2.34. The summed E-state index contributed by atoms with van der Waals surface area (Å²) in [5.41, 5.74) is 3.16. The van der Waals surface area contributed by atoms with Gasteiger partial charge in [-0.15, -0.1) is 0 Å². The quantitative estimate of drug-likeness (QED) is 0.213. The number of imidazole rings is 1. The molecule has 5 aromatic rings. The first kappa shape index (κ1) is 29.0. The molecule has 1 atom stereocenters. The number of aromatic nitrogens is 4. The van der Waals surface area contributed by atoms with Crippen LogP contribution in [0.3, 0.4) is 0 Å². The molecule has 0 bridgehead atoms. The fourth-order valence-electron chi connectivity index (χ4n) is 4.75. The van der Waals surface area contributed by atoms with Crippen molar-refractivity contribution in [3.8, 4) is 0 Å². The van der Waals surface area contributed by atoms with Gasteiger partial charge in [-0.2, -0.15) is 0 Å². The normalized spacial score (nSPS) is 11.7. The van der Waals surface area contributed by atoms with Crippen LogP contribution in [0.15, 0.2) is 65.3 Å². The minimum atomic E-state index is -0.651. The molecule has 13 nitrogen and oxygen atoms in total. The number of esters is 1. The molecule has 1 unspecified atom stereocenters. The van der Waals surface area contributed by atoms with Gasteiger partial charge in [0.1, 0.15) is 11.6 Å². The molecule has 0 aliphatic carbocycles. The molecule has 13 heteroatoms. The van der Waals surface area contributed by atoms with E-state index in [2.05, 4.69) is 25.5 Å². The summed E-state index contributed by atoms with van der Waals surface area (Å²) in [6, 6.07) is 15.8. The maximum Gasteiger partial charge on any atom is 0.412 e. The summed E-state index contributed by atoms with van der Waals surface area (Å²) in [5.74, 6) is 0.733. The Kier molecular flexibility index (Phi) is 8.51. The number of methoxy groups -OCH3 is 1. The molecule has 3 heterocycles. The first-order valence-electron chi connectivity index (χ1n) is 13.6. The molecule has 2 aromatic carbocycles. The number of hydrogen-bond donors (Lipinski definition) is 2. The Bertz CT molecular complexity index is 1780. The maximum absolute atomic E-state index is 13.7. The smallest absolute Gasteiger partial charge is 0.412 e. The van der Waals surface area contributed by atoms with Crippen LogP contribution in [0.4, 0.5) is 22.1 Å². The number of carbonyl (C=O) groups excluding carboxylic acids is 3.